The van der Waals surface area contributed by atoms with Crippen LogP contribution in [0.25, 0.3) is 0 Å². The summed E-state index contributed by atoms with van der Waals surface area (Å²) < 4.78 is 2.23. The highest BCUT2D eigenvalue weighted by molar-refractivity contribution is 9.11. The molecule has 0 heterocycles. The van der Waals surface area contributed by atoms with E-state index in [-0.39, 0.29) is 0 Å². The Morgan fingerprint density at radius 2 is 1.91 bits per heavy atom. The van der Waals surface area contributed by atoms with E-state index in [2.05, 4.69) is 60.8 Å². The second-order valence-electron chi connectivity index (χ2n) is 2.28. The highest BCUT2D eigenvalue weighted by atomic mass is 79.9. The lowest BCUT2D eigenvalue weighted by atomic mass is 10.2. The Balaban J connectivity index is 3.09. The molecule has 0 nitrogen and oxygen atoms in total. The molecule has 1 atom stereocenters. The number of hydrogen-bond acceptors (Lipinski definition) is 0. The van der Waals surface area contributed by atoms with Crippen molar-refractivity contribution in [1.29, 1.82) is 0 Å². The molecule has 0 fully saturated rings. The quantitative estimate of drug-likeness (QED) is 0.651. The summed E-state index contributed by atoms with van der Waals surface area (Å²) in [6, 6.07) is 6.18. The largest absolute Gasteiger partial charge is 0.0841 e. The zero-order valence-electron chi connectivity index (χ0n) is 5.94. The van der Waals surface area contributed by atoms with Crippen LogP contribution in [0.3, 0.4) is 0 Å². The molecular weight excluding hydrogens is 336 g/mol. The number of rotatable bonds is 1. The molecule has 0 radical (unpaired) electrons. The van der Waals surface area contributed by atoms with Gasteiger partial charge in [-0.3, -0.25) is 0 Å². The zero-order chi connectivity index (χ0) is 8.43. The standard InChI is InChI=1S/C8H7Br3/c1-5(9)7-3-2-6(10)4-8(7)11/h2-5H,1H3. The molecule has 3 heteroatoms. The maximum Gasteiger partial charge on any atom is 0.0378 e. The van der Waals surface area contributed by atoms with E-state index >= 15 is 0 Å². The van der Waals surface area contributed by atoms with Crippen molar-refractivity contribution in [2.24, 2.45) is 0 Å². The molecule has 1 aromatic carbocycles. The van der Waals surface area contributed by atoms with E-state index in [9.17, 15) is 0 Å². The molecule has 0 spiro atoms. The molecule has 0 aliphatic carbocycles. The van der Waals surface area contributed by atoms with Crippen LogP contribution in [0.2, 0.25) is 0 Å². The van der Waals surface area contributed by atoms with Crippen molar-refractivity contribution >= 4 is 47.8 Å². The second kappa shape index (κ2) is 4.06. The molecule has 1 unspecified atom stereocenters. The van der Waals surface area contributed by atoms with Gasteiger partial charge in [0.05, 0.1) is 0 Å². The average molecular weight is 343 g/mol. The van der Waals surface area contributed by atoms with Gasteiger partial charge in [0.2, 0.25) is 0 Å². The molecule has 0 N–H and O–H groups in total. The lowest BCUT2D eigenvalue weighted by Crippen LogP contribution is -1.84. The summed E-state index contributed by atoms with van der Waals surface area (Å²) in [7, 11) is 0. The van der Waals surface area contributed by atoms with Crippen LogP contribution >= 0.6 is 47.8 Å². The summed E-state index contributed by atoms with van der Waals surface area (Å²) in [5.41, 5.74) is 1.27. The van der Waals surface area contributed by atoms with Crippen molar-refractivity contribution in [3.05, 3.63) is 32.7 Å². The van der Waals surface area contributed by atoms with Gasteiger partial charge >= 0.3 is 0 Å². The van der Waals surface area contributed by atoms with Gasteiger partial charge < -0.3 is 0 Å². The van der Waals surface area contributed by atoms with Gasteiger partial charge in [-0.15, -0.1) is 0 Å². The highest BCUT2D eigenvalue weighted by Gasteiger charge is 2.04. The normalized spacial score (nSPS) is 13.1. The van der Waals surface area contributed by atoms with Crippen molar-refractivity contribution in [1.82, 2.24) is 0 Å². The van der Waals surface area contributed by atoms with Crippen molar-refractivity contribution in [2.45, 2.75) is 11.8 Å². The van der Waals surface area contributed by atoms with E-state index in [4.69, 9.17) is 0 Å². The van der Waals surface area contributed by atoms with Crippen molar-refractivity contribution in [2.75, 3.05) is 0 Å². The molecule has 60 valence electrons. The van der Waals surface area contributed by atoms with Crippen molar-refractivity contribution in [3.63, 3.8) is 0 Å². The van der Waals surface area contributed by atoms with Crippen molar-refractivity contribution < 1.29 is 0 Å². The van der Waals surface area contributed by atoms with Gasteiger partial charge in [0.1, 0.15) is 0 Å². The van der Waals surface area contributed by atoms with Gasteiger partial charge in [0.15, 0.2) is 0 Å². The fourth-order valence-electron chi connectivity index (χ4n) is 0.824. The maximum atomic E-state index is 3.51. The Labute approximate surface area is 91.8 Å². The number of halogens is 3. The summed E-state index contributed by atoms with van der Waals surface area (Å²) in [6.07, 6.45) is 0. The Morgan fingerprint density at radius 1 is 1.27 bits per heavy atom. The molecule has 0 bridgehead atoms. The number of alkyl halides is 1. The SMILES string of the molecule is CC(Br)c1ccc(Br)cc1Br. The lowest BCUT2D eigenvalue weighted by molar-refractivity contribution is 1.11. The summed E-state index contributed by atoms with van der Waals surface area (Å²) in [6.45, 7) is 2.11. The Bertz CT molecular complexity index is 256. The number of benzene rings is 1. The molecule has 0 saturated heterocycles. The summed E-state index contributed by atoms with van der Waals surface area (Å²) in [4.78, 5) is 0.393. The first-order chi connectivity index (χ1) is 5.11. The first-order valence-corrected chi connectivity index (χ1v) is 5.70. The summed E-state index contributed by atoms with van der Waals surface area (Å²) in [5, 5.41) is 0. The molecule has 0 amide bonds. The van der Waals surface area contributed by atoms with Gasteiger partial charge in [-0.1, -0.05) is 53.9 Å². The summed E-state index contributed by atoms with van der Waals surface area (Å²) >= 11 is 10.4. The van der Waals surface area contributed by atoms with Crippen LogP contribution in [-0.4, -0.2) is 0 Å². The van der Waals surface area contributed by atoms with Crippen LogP contribution in [0.5, 0.6) is 0 Å². The molecular formula is C8H7Br3. The Morgan fingerprint density at radius 3 is 2.36 bits per heavy atom. The van der Waals surface area contributed by atoms with Crippen molar-refractivity contribution in [3.8, 4) is 0 Å². The smallest absolute Gasteiger partial charge is 0.0378 e. The maximum absolute atomic E-state index is 3.51. The molecule has 0 aliphatic heterocycles. The molecule has 1 aromatic rings. The third-order valence-corrected chi connectivity index (χ3v) is 3.06. The predicted octanol–water partition coefficient (Wildman–Crippen LogP) is 4.67. The lowest BCUT2D eigenvalue weighted by Gasteiger charge is -2.06. The van der Waals surface area contributed by atoms with E-state index in [1.807, 2.05) is 12.1 Å². The minimum atomic E-state index is 0.393. The molecule has 11 heavy (non-hydrogen) atoms. The second-order valence-corrected chi connectivity index (χ2v) is 5.43. The van der Waals surface area contributed by atoms with E-state index < -0.39 is 0 Å². The first kappa shape index (κ1) is 9.75. The van der Waals surface area contributed by atoms with Crippen LogP contribution in [0, 0.1) is 0 Å². The zero-order valence-corrected chi connectivity index (χ0v) is 10.7. The molecule has 0 aromatic heterocycles. The van der Waals surface area contributed by atoms with E-state index in [1.54, 1.807) is 0 Å². The topological polar surface area (TPSA) is 0 Å². The minimum Gasteiger partial charge on any atom is -0.0841 e. The van der Waals surface area contributed by atoms with Gasteiger partial charge in [-0.2, -0.15) is 0 Å². The van der Waals surface area contributed by atoms with E-state index in [1.165, 1.54) is 5.56 Å². The molecule has 1 rings (SSSR count). The highest BCUT2D eigenvalue weighted by Crippen LogP contribution is 2.30. The number of hydrogen-bond donors (Lipinski definition) is 0. The third-order valence-electron chi connectivity index (χ3n) is 1.39. The van der Waals surface area contributed by atoms with Gasteiger partial charge in [0.25, 0.3) is 0 Å². The van der Waals surface area contributed by atoms with Gasteiger partial charge in [-0.25, -0.2) is 0 Å². The summed E-state index contributed by atoms with van der Waals surface area (Å²) in [5.74, 6) is 0. The average Bonchev–Trinajstić information content (AvgIpc) is 1.85. The van der Waals surface area contributed by atoms with E-state index in [0.29, 0.717) is 4.83 Å². The Kier molecular flexibility index (Phi) is 3.59. The van der Waals surface area contributed by atoms with E-state index in [0.717, 1.165) is 8.95 Å². The third kappa shape index (κ3) is 2.56. The van der Waals surface area contributed by atoms with Crippen LogP contribution in [0.4, 0.5) is 0 Å². The van der Waals surface area contributed by atoms with Crippen LogP contribution in [-0.2, 0) is 0 Å². The fraction of sp³-hybridized carbons (Fsp3) is 0.250. The van der Waals surface area contributed by atoms with Crippen LogP contribution in [0.1, 0.15) is 17.3 Å². The first-order valence-electron chi connectivity index (χ1n) is 3.20. The monoisotopic (exact) mass is 340 g/mol. The van der Waals surface area contributed by atoms with Crippen LogP contribution < -0.4 is 0 Å². The fourth-order valence-corrected chi connectivity index (χ4v) is 2.92. The van der Waals surface area contributed by atoms with Gasteiger partial charge in [0, 0.05) is 13.8 Å². The predicted molar refractivity (Wildman–Crippen MR) is 59.2 cm³/mol. The van der Waals surface area contributed by atoms with Gasteiger partial charge in [-0.05, 0) is 24.6 Å². The molecule has 0 saturated carbocycles. The Hall–Kier alpha value is 0.660. The molecule has 0 aliphatic rings. The minimum absolute atomic E-state index is 0.393. The van der Waals surface area contributed by atoms with Crippen LogP contribution in [0.15, 0.2) is 27.1 Å².